The van der Waals surface area contributed by atoms with Crippen LogP contribution in [-0.4, -0.2) is 9.97 Å². The topological polar surface area (TPSA) is 51.8 Å². The van der Waals surface area contributed by atoms with Gasteiger partial charge in [-0.05, 0) is 28.8 Å². The van der Waals surface area contributed by atoms with Crippen LogP contribution >= 0.6 is 15.9 Å². The predicted molar refractivity (Wildman–Crippen MR) is 78.4 cm³/mol. The molecule has 18 heavy (non-hydrogen) atoms. The van der Waals surface area contributed by atoms with Gasteiger partial charge in [-0.25, -0.2) is 9.97 Å². The minimum Gasteiger partial charge on any atom is -0.383 e. The van der Waals surface area contributed by atoms with E-state index >= 15 is 0 Å². The van der Waals surface area contributed by atoms with Crippen molar-refractivity contribution in [3.63, 3.8) is 0 Å². The smallest absolute Gasteiger partial charge is 0.161 e. The van der Waals surface area contributed by atoms with Crippen LogP contribution in [-0.2, 0) is 0 Å². The zero-order valence-electron chi connectivity index (χ0n) is 10.7. The van der Waals surface area contributed by atoms with Crippen LogP contribution in [0.2, 0.25) is 0 Å². The first-order chi connectivity index (χ1) is 8.49. The SMILES string of the molecule is Cc1ccc(-c2nc(N)c(Br)c(C(C)C)n2)cc1. The molecule has 0 aliphatic carbocycles. The van der Waals surface area contributed by atoms with Crippen LogP contribution in [0.25, 0.3) is 11.4 Å². The van der Waals surface area contributed by atoms with Gasteiger partial charge < -0.3 is 5.73 Å². The molecule has 0 unspecified atom stereocenters. The first-order valence-corrected chi connectivity index (χ1v) is 6.68. The lowest BCUT2D eigenvalue weighted by Crippen LogP contribution is -2.04. The van der Waals surface area contributed by atoms with Crippen molar-refractivity contribution in [2.45, 2.75) is 26.7 Å². The molecule has 0 fully saturated rings. The molecule has 1 heterocycles. The van der Waals surface area contributed by atoms with Crippen LogP contribution < -0.4 is 5.73 Å². The van der Waals surface area contributed by atoms with Gasteiger partial charge in [0.2, 0.25) is 0 Å². The van der Waals surface area contributed by atoms with Gasteiger partial charge in [0.25, 0.3) is 0 Å². The molecule has 1 aromatic heterocycles. The Morgan fingerprint density at radius 3 is 2.28 bits per heavy atom. The highest BCUT2D eigenvalue weighted by Gasteiger charge is 2.13. The largest absolute Gasteiger partial charge is 0.383 e. The molecule has 2 N–H and O–H groups in total. The van der Waals surface area contributed by atoms with Crippen molar-refractivity contribution in [1.82, 2.24) is 9.97 Å². The zero-order valence-corrected chi connectivity index (χ0v) is 12.3. The predicted octanol–water partition coefficient (Wildman–Crippen LogP) is 3.92. The van der Waals surface area contributed by atoms with Crippen LogP contribution in [0, 0.1) is 6.92 Å². The van der Waals surface area contributed by atoms with Crippen molar-refractivity contribution >= 4 is 21.7 Å². The molecular formula is C14H16BrN3. The normalized spacial score (nSPS) is 10.9. The number of hydrogen-bond acceptors (Lipinski definition) is 3. The number of nitrogens with two attached hydrogens (primary N) is 1. The van der Waals surface area contributed by atoms with E-state index in [9.17, 15) is 0 Å². The number of nitrogen functional groups attached to an aromatic ring is 1. The number of benzene rings is 1. The monoisotopic (exact) mass is 305 g/mol. The van der Waals surface area contributed by atoms with Crippen molar-refractivity contribution in [1.29, 1.82) is 0 Å². The molecule has 0 atom stereocenters. The summed E-state index contributed by atoms with van der Waals surface area (Å²) in [5.74, 6) is 1.47. The van der Waals surface area contributed by atoms with Gasteiger partial charge in [0.15, 0.2) is 5.82 Å². The van der Waals surface area contributed by atoms with E-state index in [2.05, 4.69) is 46.7 Å². The molecule has 0 aliphatic rings. The van der Waals surface area contributed by atoms with E-state index in [1.165, 1.54) is 5.56 Å². The van der Waals surface area contributed by atoms with E-state index < -0.39 is 0 Å². The number of rotatable bonds is 2. The van der Waals surface area contributed by atoms with E-state index in [-0.39, 0.29) is 0 Å². The molecule has 0 amide bonds. The maximum atomic E-state index is 5.93. The third kappa shape index (κ3) is 2.53. The van der Waals surface area contributed by atoms with Gasteiger partial charge in [0, 0.05) is 5.56 Å². The van der Waals surface area contributed by atoms with Crippen molar-refractivity contribution in [3.05, 3.63) is 40.0 Å². The van der Waals surface area contributed by atoms with E-state index in [0.29, 0.717) is 17.6 Å². The Bertz CT molecular complexity index is 562. The summed E-state index contributed by atoms with van der Waals surface area (Å²) >= 11 is 3.45. The Balaban J connectivity index is 2.55. The van der Waals surface area contributed by atoms with E-state index in [1.807, 2.05) is 24.3 Å². The van der Waals surface area contributed by atoms with Gasteiger partial charge in [0.1, 0.15) is 5.82 Å². The molecule has 0 saturated heterocycles. The summed E-state index contributed by atoms with van der Waals surface area (Å²) in [6.07, 6.45) is 0. The second-order valence-corrected chi connectivity index (χ2v) is 5.45. The molecule has 2 aromatic rings. The number of anilines is 1. The number of aryl methyl sites for hydroxylation is 1. The summed E-state index contributed by atoms with van der Waals surface area (Å²) in [6, 6.07) is 8.13. The molecule has 0 saturated carbocycles. The molecule has 94 valence electrons. The summed E-state index contributed by atoms with van der Waals surface area (Å²) in [7, 11) is 0. The number of aromatic nitrogens is 2. The fraction of sp³-hybridized carbons (Fsp3) is 0.286. The van der Waals surface area contributed by atoms with Gasteiger partial charge in [-0.2, -0.15) is 0 Å². The lowest BCUT2D eigenvalue weighted by atomic mass is 10.1. The molecule has 1 aromatic carbocycles. The molecule has 0 bridgehead atoms. The lowest BCUT2D eigenvalue weighted by Gasteiger charge is -2.11. The van der Waals surface area contributed by atoms with Crippen molar-refractivity contribution in [3.8, 4) is 11.4 Å². The molecular weight excluding hydrogens is 290 g/mol. The zero-order chi connectivity index (χ0) is 13.3. The van der Waals surface area contributed by atoms with E-state index in [4.69, 9.17) is 5.73 Å². The Kier molecular flexibility index (Phi) is 3.66. The van der Waals surface area contributed by atoms with Crippen LogP contribution in [0.3, 0.4) is 0 Å². The second-order valence-electron chi connectivity index (χ2n) is 4.65. The van der Waals surface area contributed by atoms with E-state index in [1.54, 1.807) is 0 Å². The van der Waals surface area contributed by atoms with Gasteiger partial charge in [0.05, 0.1) is 10.2 Å². The van der Waals surface area contributed by atoms with Crippen LogP contribution in [0.5, 0.6) is 0 Å². The molecule has 0 spiro atoms. The fourth-order valence-corrected chi connectivity index (χ4v) is 2.33. The number of nitrogens with zero attached hydrogens (tertiary/aromatic N) is 2. The number of hydrogen-bond donors (Lipinski definition) is 1. The van der Waals surface area contributed by atoms with Gasteiger partial charge in [-0.1, -0.05) is 43.7 Å². The van der Waals surface area contributed by atoms with Crippen LogP contribution in [0.1, 0.15) is 31.0 Å². The molecule has 4 heteroatoms. The molecule has 0 aliphatic heterocycles. The first-order valence-electron chi connectivity index (χ1n) is 5.89. The summed E-state index contributed by atoms with van der Waals surface area (Å²) < 4.78 is 0.799. The fourth-order valence-electron chi connectivity index (χ4n) is 1.70. The van der Waals surface area contributed by atoms with Gasteiger partial charge in [-0.3, -0.25) is 0 Å². The maximum Gasteiger partial charge on any atom is 0.161 e. The standard InChI is InChI=1S/C14H16BrN3/c1-8(2)12-11(15)13(16)18-14(17-12)10-6-4-9(3)5-7-10/h4-8H,1-3H3,(H2,16,17,18). The lowest BCUT2D eigenvalue weighted by molar-refractivity contribution is 0.811. The van der Waals surface area contributed by atoms with Crippen molar-refractivity contribution in [2.24, 2.45) is 0 Å². The second kappa shape index (κ2) is 5.06. The average molecular weight is 306 g/mol. The van der Waals surface area contributed by atoms with Crippen molar-refractivity contribution < 1.29 is 0 Å². The van der Waals surface area contributed by atoms with E-state index in [0.717, 1.165) is 15.7 Å². The van der Waals surface area contributed by atoms with Crippen LogP contribution in [0.15, 0.2) is 28.7 Å². The third-order valence-electron chi connectivity index (χ3n) is 2.76. The summed E-state index contributed by atoms with van der Waals surface area (Å²) in [5, 5.41) is 0. The quantitative estimate of drug-likeness (QED) is 0.915. The van der Waals surface area contributed by atoms with Gasteiger partial charge >= 0.3 is 0 Å². The summed E-state index contributed by atoms with van der Waals surface area (Å²) in [5.41, 5.74) is 9.07. The summed E-state index contributed by atoms with van der Waals surface area (Å²) in [4.78, 5) is 8.93. The molecule has 0 radical (unpaired) electrons. The minimum absolute atomic E-state index is 0.300. The molecule has 3 nitrogen and oxygen atoms in total. The van der Waals surface area contributed by atoms with Crippen molar-refractivity contribution in [2.75, 3.05) is 5.73 Å². The Morgan fingerprint density at radius 1 is 1.11 bits per heavy atom. The Hall–Kier alpha value is -1.42. The summed E-state index contributed by atoms with van der Waals surface area (Å²) in [6.45, 7) is 6.23. The maximum absolute atomic E-state index is 5.93. The highest BCUT2D eigenvalue weighted by atomic mass is 79.9. The Labute approximate surface area is 116 Å². The number of halogens is 1. The van der Waals surface area contributed by atoms with Crippen LogP contribution in [0.4, 0.5) is 5.82 Å². The first kappa shape index (κ1) is 13.0. The minimum atomic E-state index is 0.300. The third-order valence-corrected chi connectivity index (χ3v) is 3.57. The van der Waals surface area contributed by atoms with Gasteiger partial charge in [-0.15, -0.1) is 0 Å². The highest BCUT2D eigenvalue weighted by Crippen LogP contribution is 2.29. The highest BCUT2D eigenvalue weighted by molar-refractivity contribution is 9.10. The Morgan fingerprint density at radius 2 is 1.72 bits per heavy atom. The molecule has 2 rings (SSSR count). The average Bonchev–Trinajstić information content (AvgIpc) is 2.33.